The van der Waals surface area contributed by atoms with Gasteiger partial charge in [0.25, 0.3) is 5.91 Å². The van der Waals surface area contributed by atoms with Crippen LogP contribution in [0.2, 0.25) is 0 Å². The molecule has 1 aliphatic heterocycles. The summed E-state index contributed by atoms with van der Waals surface area (Å²) in [7, 11) is 0. The maximum atomic E-state index is 13.1. The monoisotopic (exact) mass is 320 g/mol. The molecule has 2 fully saturated rings. The van der Waals surface area contributed by atoms with E-state index in [2.05, 4.69) is 23.7 Å². The Hall–Kier alpha value is -0.900. The number of carbonyl (C=O) groups is 1. The molecule has 2 heterocycles. The molecule has 0 spiro atoms. The molecule has 4 heteroatoms. The Morgan fingerprint density at radius 1 is 1.18 bits per heavy atom. The summed E-state index contributed by atoms with van der Waals surface area (Å²) in [6.45, 7) is 7.22. The maximum absolute atomic E-state index is 13.1. The average molecular weight is 321 g/mol. The lowest BCUT2D eigenvalue weighted by Crippen LogP contribution is -2.40. The van der Waals surface area contributed by atoms with Gasteiger partial charge in [-0.1, -0.05) is 33.1 Å². The normalized spacial score (nSPS) is 23.5. The zero-order chi connectivity index (χ0) is 15.7. The maximum Gasteiger partial charge on any atom is 0.266 e. The Morgan fingerprint density at radius 3 is 2.55 bits per heavy atom. The number of aromatic nitrogens is 1. The molecule has 22 heavy (non-hydrogen) atoms. The first-order valence-electron chi connectivity index (χ1n) is 8.86. The van der Waals surface area contributed by atoms with Crippen LogP contribution in [0, 0.1) is 12.8 Å². The van der Waals surface area contributed by atoms with Crippen LogP contribution in [0.4, 0.5) is 0 Å². The number of amides is 1. The second kappa shape index (κ2) is 6.69. The molecule has 1 aliphatic carbocycles. The predicted octanol–water partition coefficient (Wildman–Crippen LogP) is 4.76. The van der Waals surface area contributed by atoms with E-state index >= 15 is 0 Å². The van der Waals surface area contributed by atoms with E-state index < -0.39 is 0 Å². The fourth-order valence-electron chi connectivity index (χ4n) is 4.05. The van der Waals surface area contributed by atoms with Gasteiger partial charge >= 0.3 is 0 Å². The standard InChI is InChI=1S/C18H28N2OS/c1-12(2)17-19-13(3)16(22-17)18(21)20-11-7-10-15(20)14-8-5-4-6-9-14/h12,14-15H,4-11H2,1-3H3/t15-/m1/s1. The Morgan fingerprint density at radius 2 is 1.91 bits per heavy atom. The molecule has 0 radical (unpaired) electrons. The lowest BCUT2D eigenvalue weighted by Gasteiger charge is -2.34. The molecule has 1 saturated heterocycles. The van der Waals surface area contributed by atoms with Crippen LogP contribution in [0.25, 0.3) is 0 Å². The molecule has 2 aliphatic rings. The molecule has 3 nitrogen and oxygen atoms in total. The quantitative estimate of drug-likeness (QED) is 0.804. The van der Waals surface area contributed by atoms with Crippen molar-refractivity contribution in [2.75, 3.05) is 6.54 Å². The van der Waals surface area contributed by atoms with Crippen LogP contribution in [0.15, 0.2) is 0 Å². The molecule has 122 valence electrons. The number of thiazole rings is 1. The van der Waals surface area contributed by atoms with E-state index in [1.165, 1.54) is 44.9 Å². The number of hydrogen-bond acceptors (Lipinski definition) is 3. The summed E-state index contributed by atoms with van der Waals surface area (Å²) in [6.07, 6.45) is 9.07. The molecule has 1 aromatic rings. The molecule has 0 N–H and O–H groups in total. The predicted molar refractivity (Wildman–Crippen MR) is 91.6 cm³/mol. The van der Waals surface area contributed by atoms with Crippen LogP contribution in [-0.4, -0.2) is 28.4 Å². The van der Waals surface area contributed by atoms with Gasteiger partial charge in [0.15, 0.2) is 0 Å². The van der Waals surface area contributed by atoms with Crippen molar-refractivity contribution in [1.29, 1.82) is 0 Å². The second-order valence-electron chi connectivity index (χ2n) is 7.23. The Labute approximate surface area is 138 Å². The third-order valence-corrected chi connectivity index (χ3v) is 6.70. The van der Waals surface area contributed by atoms with Crippen LogP contribution in [-0.2, 0) is 0 Å². The molecular formula is C18H28N2OS. The van der Waals surface area contributed by atoms with Crippen molar-refractivity contribution in [3.05, 3.63) is 15.6 Å². The van der Waals surface area contributed by atoms with Gasteiger partial charge in [0.05, 0.1) is 10.7 Å². The van der Waals surface area contributed by atoms with E-state index in [1.807, 2.05) is 6.92 Å². The lowest BCUT2D eigenvalue weighted by atomic mass is 9.83. The molecule has 1 atom stereocenters. The highest BCUT2D eigenvalue weighted by molar-refractivity contribution is 7.13. The van der Waals surface area contributed by atoms with Crippen LogP contribution < -0.4 is 0 Å². The highest BCUT2D eigenvalue weighted by Crippen LogP contribution is 2.36. The molecule has 0 unspecified atom stereocenters. The zero-order valence-corrected chi connectivity index (χ0v) is 14.9. The number of aryl methyl sites for hydroxylation is 1. The van der Waals surface area contributed by atoms with Crippen molar-refractivity contribution < 1.29 is 4.79 Å². The first kappa shape index (κ1) is 16.0. The van der Waals surface area contributed by atoms with E-state index in [0.717, 1.165) is 28.0 Å². The molecule has 3 rings (SSSR count). The number of hydrogen-bond donors (Lipinski definition) is 0. The Bertz CT molecular complexity index is 531. The number of likely N-dealkylation sites (tertiary alicyclic amines) is 1. The highest BCUT2D eigenvalue weighted by Gasteiger charge is 2.36. The second-order valence-corrected chi connectivity index (χ2v) is 8.26. The van der Waals surface area contributed by atoms with E-state index in [9.17, 15) is 4.79 Å². The van der Waals surface area contributed by atoms with Gasteiger partial charge < -0.3 is 4.90 Å². The van der Waals surface area contributed by atoms with E-state index in [4.69, 9.17) is 0 Å². The smallest absolute Gasteiger partial charge is 0.266 e. The van der Waals surface area contributed by atoms with Gasteiger partial charge in [-0.3, -0.25) is 4.79 Å². The average Bonchev–Trinajstić information content (AvgIpc) is 3.14. The van der Waals surface area contributed by atoms with Gasteiger partial charge in [-0.2, -0.15) is 0 Å². The third-order valence-electron chi connectivity index (χ3n) is 5.26. The largest absolute Gasteiger partial charge is 0.335 e. The van der Waals surface area contributed by atoms with Gasteiger partial charge in [0.1, 0.15) is 4.88 Å². The fraction of sp³-hybridized carbons (Fsp3) is 0.778. The number of carbonyl (C=O) groups excluding carboxylic acids is 1. The summed E-state index contributed by atoms with van der Waals surface area (Å²) in [6, 6.07) is 0.483. The molecule has 0 aromatic carbocycles. The first-order valence-corrected chi connectivity index (χ1v) is 9.68. The summed E-state index contributed by atoms with van der Waals surface area (Å²) in [5, 5.41) is 1.09. The Kier molecular flexibility index (Phi) is 4.86. The van der Waals surface area contributed by atoms with Gasteiger partial charge in [0, 0.05) is 18.5 Å². The van der Waals surface area contributed by atoms with Crippen molar-refractivity contribution >= 4 is 17.2 Å². The van der Waals surface area contributed by atoms with E-state index in [1.54, 1.807) is 11.3 Å². The van der Waals surface area contributed by atoms with Crippen LogP contribution in [0.3, 0.4) is 0 Å². The zero-order valence-electron chi connectivity index (χ0n) is 14.1. The minimum atomic E-state index is 0.245. The molecule has 1 aromatic heterocycles. The first-order chi connectivity index (χ1) is 10.6. The minimum Gasteiger partial charge on any atom is -0.335 e. The third kappa shape index (κ3) is 3.08. The van der Waals surface area contributed by atoms with Gasteiger partial charge in [0.2, 0.25) is 0 Å². The van der Waals surface area contributed by atoms with Gasteiger partial charge in [-0.15, -0.1) is 11.3 Å². The summed E-state index contributed by atoms with van der Waals surface area (Å²) in [4.78, 5) is 20.7. The van der Waals surface area contributed by atoms with Crippen molar-refractivity contribution in [2.24, 2.45) is 5.92 Å². The topological polar surface area (TPSA) is 33.2 Å². The summed E-state index contributed by atoms with van der Waals surface area (Å²) < 4.78 is 0. The summed E-state index contributed by atoms with van der Waals surface area (Å²) in [5.41, 5.74) is 0.924. The molecule has 0 bridgehead atoms. The van der Waals surface area contributed by atoms with Gasteiger partial charge in [-0.05, 0) is 38.5 Å². The summed E-state index contributed by atoms with van der Waals surface area (Å²) in [5.74, 6) is 1.38. The van der Waals surface area contributed by atoms with Crippen LogP contribution >= 0.6 is 11.3 Å². The van der Waals surface area contributed by atoms with Crippen LogP contribution in [0.1, 0.15) is 85.1 Å². The van der Waals surface area contributed by atoms with Gasteiger partial charge in [-0.25, -0.2) is 4.98 Å². The van der Waals surface area contributed by atoms with Crippen molar-refractivity contribution in [1.82, 2.24) is 9.88 Å². The Balaban J connectivity index is 1.78. The van der Waals surface area contributed by atoms with Crippen molar-refractivity contribution in [2.45, 2.75) is 77.7 Å². The SMILES string of the molecule is Cc1nc(C(C)C)sc1C(=O)N1CCC[C@@H]1C1CCCCC1. The number of rotatable bonds is 3. The molecular weight excluding hydrogens is 292 g/mol. The minimum absolute atomic E-state index is 0.245. The van der Waals surface area contributed by atoms with E-state index in [0.29, 0.717) is 12.0 Å². The summed E-state index contributed by atoms with van der Waals surface area (Å²) >= 11 is 1.61. The van der Waals surface area contributed by atoms with Crippen molar-refractivity contribution in [3.63, 3.8) is 0 Å². The fourth-order valence-corrected chi connectivity index (χ4v) is 5.07. The molecule has 1 amide bonds. The highest BCUT2D eigenvalue weighted by atomic mass is 32.1. The van der Waals surface area contributed by atoms with E-state index in [-0.39, 0.29) is 5.91 Å². The molecule has 1 saturated carbocycles. The number of nitrogens with zero attached hydrogens (tertiary/aromatic N) is 2. The lowest BCUT2D eigenvalue weighted by molar-refractivity contribution is 0.0665. The van der Waals surface area contributed by atoms with Crippen molar-refractivity contribution in [3.8, 4) is 0 Å². The van der Waals surface area contributed by atoms with Crippen LogP contribution in [0.5, 0.6) is 0 Å².